The zero-order valence-electron chi connectivity index (χ0n) is 10.3. The summed E-state index contributed by atoms with van der Waals surface area (Å²) >= 11 is 3.48. The summed E-state index contributed by atoms with van der Waals surface area (Å²) in [4.78, 5) is 0. The zero-order valence-corrected chi connectivity index (χ0v) is 11.9. The summed E-state index contributed by atoms with van der Waals surface area (Å²) in [5.41, 5.74) is 1.22. The molecule has 1 aromatic rings. The molecule has 0 N–H and O–H groups in total. The van der Waals surface area contributed by atoms with Gasteiger partial charge in [0.15, 0.2) is 0 Å². The largest absolute Gasteiger partial charge is 0.488 e. The third-order valence-electron chi connectivity index (χ3n) is 2.32. The Morgan fingerprint density at radius 1 is 1.25 bits per heavy atom. The Labute approximate surface area is 106 Å². The molecule has 16 heavy (non-hydrogen) atoms. The number of rotatable bonds is 5. The highest BCUT2D eigenvalue weighted by atomic mass is 79.9. The Hall–Kier alpha value is -0.540. The average molecular weight is 287 g/mol. The molecule has 1 aromatic carbocycles. The normalized spacial score (nSPS) is 12.9. The maximum absolute atomic E-state index is 5.86. The van der Waals surface area contributed by atoms with Crippen molar-refractivity contribution >= 4 is 15.9 Å². The molecule has 2 nitrogen and oxygen atoms in total. The smallest absolute Gasteiger partial charge is 0.123 e. The summed E-state index contributed by atoms with van der Waals surface area (Å²) in [7, 11) is 1.69. The summed E-state index contributed by atoms with van der Waals surface area (Å²) in [6.45, 7) is 6.94. The first kappa shape index (κ1) is 13.5. The Morgan fingerprint density at radius 2 is 1.94 bits per heavy atom. The van der Waals surface area contributed by atoms with Crippen molar-refractivity contribution in [3.05, 3.63) is 28.2 Å². The van der Waals surface area contributed by atoms with Gasteiger partial charge in [0.25, 0.3) is 0 Å². The van der Waals surface area contributed by atoms with Gasteiger partial charge in [-0.25, -0.2) is 0 Å². The molecule has 0 bridgehead atoms. The highest BCUT2D eigenvalue weighted by molar-refractivity contribution is 9.10. The monoisotopic (exact) mass is 286 g/mol. The quantitative estimate of drug-likeness (QED) is 0.815. The van der Waals surface area contributed by atoms with Crippen LogP contribution in [-0.2, 0) is 4.74 Å². The van der Waals surface area contributed by atoms with Gasteiger partial charge in [-0.05, 0) is 36.6 Å². The van der Waals surface area contributed by atoms with Gasteiger partial charge in [-0.15, -0.1) is 0 Å². The van der Waals surface area contributed by atoms with Crippen molar-refractivity contribution in [2.24, 2.45) is 0 Å². The summed E-state index contributed by atoms with van der Waals surface area (Å²) < 4.78 is 12.0. The summed E-state index contributed by atoms with van der Waals surface area (Å²) in [5.74, 6) is 1.39. The molecular formula is C13H19BrO2. The van der Waals surface area contributed by atoms with E-state index in [-0.39, 0.29) is 6.10 Å². The molecule has 0 aliphatic rings. The molecular weight excluding hydrogens is 268 g/mol. The molecule has 1 atom stereocenters. The lowest BCUT2D eigenvalue weighted by Gasteiger charge is -2.18. The maximum Gasteiger partial charge on any atom is 0.123 e. The number of benzene rings is 1. The van der Waals surface area contributed by atoms with Crippen molar-refractivity contribution in [2.75, 3.05) is 13.7 Å². The number of ether oxygens (including phenoxy) is 2. The van der Waals surface area contributed by atoms with Crippen LogP contribution < -0.4 is 4.74 Å². The fraction of sp³-hybridized carbons (Fsp3) is 0.538. The van der Waals surface area contributed by atoms with E-state index < -0.39 is 0 Å². The Kier molecular flexibility index (Phi) is 5.29. The molecule has 0 fully saturated rings. The van der Waals surface area contributed by atoms with E-state index in [1.54, 1.807) is 7.11 Å². The fourth-order valence-electron chi connectivity index (χ4n) is 1.56. The average Bonchev–Trinajstić information content (AvgIpc) is 2.20. The molecule has 0 saturated heterocycles. The lowest BCUT2D eigenvalue weighted by Crippen LogP contribution is -2.18. The van der Waals surface area contributed by atoms with Gasteiger partial charge in [-0.1, -0.05) is 29.8 Å². The first-order chi connectivity index (χ1) is 7.54. The third-order valence-corrected chi connectivity index (χ3v) is 2.82. The summed E-state index contributed by atoms with van der Waals surface area (Å²) in [6, 6.07) is 6.12. The standard InChI is InChI=1S/C13H19BrO2/c1-9(2)12-7-11(14)5-6-13(12)16-10(3)8-15-4/h5-7,9-10H,8H2,1-4H3. The van der Waals surface area contributed by atoms with Crippen molar-refractivity contribution in [1.29, 1.82) is 0 Å². The molecule has 0 heterocycles. The van der Waals surface area contributed by atoms with Crippen LogP contribution in [0.25, 0.3) is 0 Å². The predicted octanol–water partition coefficient (Wildman–Crippen LogP) is 3.99. The molecule has 1 unspecified atom stereocenters. The first-order valence-corrected chi connectivity index (χ1v) is 6.29. The number of methoxy groups -OCH3 is 1. The third kappa shape index (κ3) is 3.80. The number of hydrogen-bond donors (Lipinski definition) is 0. The van der Waals surface area contributed by atoms with Gasteiger partial charge in [-0.2, -0.15) is 0 Å². The SMILES string of the molecule is COCC(C)Oc1ccc(Br)cc1C(C)C. The van der Waals surface area contributed by atoms with Crippen molar-refractivity contribution in [3.8, 4) is 5.75 Å². The first-order valence-electron chi connectivity index (χ1n) is 5.49. The van der Waals surface area contributed by atoms with Crippen LogP contribution in [0.2, 0.25) is 0 Å². The van der Waals surface area contributed by atoms with E-state index in [9.17, 15) is 0 Å². The van der Waals surface area contributed by atoms with E-state index in [1.807, 2.05) is 19.1 Å². The minimum absolute atomic E-state index is 0.0728. The van der Waals surface area contributed by atoms with Crippen LogP contribution >= 0.6 is 15.9 Å². The molecule has 1 rings (SSSR count). The Morgan fingerprint density at radius 3 is 2.50 bits per heavy atom. The minimum Gasteiger partial charge on any atom is -0.488 e. The molecule has 0 aliphatic heterocycles. The van der Waals surface area contributed by atoms with Crippen molar-refractivity contribution in [3.63, 3.8) is 0 Å². The minimum atomic E-state index is 0.0728. The van der Waals surface area contributed by atoms with Gasteiger partial charge in [0.05, 0.1) is 6.61 Å². The van der Waals surface area contributed by atoms with Crippen LogP contribution in [0.1, 0.15) is 32.3 Å². The van der Waals surface area contributed by atoms with Gasteiger partial charge >= 0.3 is 0 Å². The molecule has 0 aliphatic carbocycles. The molecule has 0 radical (unpaired) electrons. The maximum atomic E-state index is 5.86. The molecule has 0 aromatic heterocycles. The van der Waals surface area contributed by atoms with Crippen LogP contribution in [0.3, 0.4) is 0 Å². The molecule has 0 amide bonds. The van der Waals surface area contributed by atoms with Gasteiger partial charge in [-0.3, -0.25) is 0 Å². The second-order valence-electron chi connectivity index (χ2n) is 4.22. The van der Waals surface area contributed by atoms with E-state index in [0.29, 0.717) is 12.5 Å². The zero-order chi connectivity index (χ0) is 12.1. The summed E-state index contributed by atoms with van der Waals surface area (Å²) in [6.07, 6.45) is 0.0728. The molecule has 90 valence electrons. The highest BCUT2D eigenvalue weighted by Gasteiger charge is 2.11. The Bertz CT molecular complexity index is 337. The van der Waals surface area contributed by atoms with Gasteiger partial charge in [0.2, 0.25) is 0 Å². The lowest BCUT2D eigenvalue weighted by atomic mass is 10.0. The number of halogens is 1. The second-order valence-corrected chi connectivity index (χ2v) is 5.14. The van der Waals surface area contributed by atoms with E-state index in [0.717, 1.165) is 10.2 Å². The number of hydrogen-bond acceptors (Lipinski definition) is 2. The van der Waals surface area contributed by atoms with Gasteiger partial charge in [0, 0.05) is 11.6 Å². The van der Waals surface area contributed by atoms with Crippen LogP contribution in [0, 0.1) is 0 Å². The lowest BCUT2D eigenvalue weighted by molar-refractivity contribution is 0.0912. The fourth-order valence-corrected chi connectivity index (χ4v) is 1.94. The van der Waals surface area contributed by atoms with Crippen LogP contribution in [0.15, 0.2) is 22.7 Å². The van der Waals surface area contributed by atoms with Gasteiger partial charge in [0.1, 0.15) is 11.9 Å². The highest BCUT2D eigenvalue weighted by Crippen LogP contribution is 2.30. The van der Waals surface area contributed by atoms with Gasteiger partial charge < -0.3 is 9.47 Å². The van der Waals surface area contributed by atoms with Crippen LogP contribution in [-0.4, -0.2) is 19.8 Å². The van der Waals surface area contributed by atoms with E-state index in [4.69, 9.17) is 9.47 Å². The topological polar surface area (TPSA) is 18.5 Å². The predicted molar refractivity (Wildman–Crippen MR) is 70.2 cm³/mol. The molecule has 3 heteroatoms. The van der Waals surface area contributed by atoms with Crippen molar-refractivity contribution in [1.82, 2.24) is 0 Å². The Balaban J connectivity index is 2.86. The van der Waals surface area contributed by atoms with Crippen LogP contribution in [0.4, 0.5) is 0 Å². The molecule has 0 saturated carbocycles. The van der Waals surface area contributed by atoms with E-state index in [1.165, 1.54) is 5.56 Å². The van der Waals surface area contributed by atoms with E-state index in [2.05, 4.69) is 35.8 Å². The van der Waals surface area contributed by atoms with Crippen LogP contribution in [0.5, 0.6) is 5.75 Å². The second kappa shape index (κ2) is 6.26. The van der Waals surface area contributed by atoms with E-state index >= 15 is 0 Å². The van der Waals surface area contributed by atoms with Crippen molar-refractivity contribution in [2.45, 2.75) is 32.8 Å². The summed E-state index contributed by atoms with van der Waals surface area (Å²) in [5, 5.41) is 0. The van der Waals surface area contributed by atoms with Crippen molar-refractivity contribution < 1.29 is 9.47 Å². The molecule has 0 spiro atoms.